The summed E-state index contributed by atoms with van der Waals surface area (Å²) in [6, 6.07) is 8.51. The average molecular weight is 305 g/mol. The zero-order valence-electron chi connectivity index (χ0n) is 13.3. The fourth-order valence-electron chi connectivity index (χ4n) is 1.80. The standard InChI is InChI=1S/C17H23NO4/c1-5-21-16(19)15(13(4)12(2)3)18-17(20)22-11-14-9-7-6-8-10-14/h6-10,13,15H,2,5,11H2,1,3-4H3,(H,18,20)/t13-,15+/m0/s1. The van der Waals surface area contributed by atoms with E-state index in [0.29, 0.717) is 0 Å². The summed E-state index contributed by atoms with van der Waals surface area (Å²) in [5, 5.41) is 2.56. The van der Waals surface area contributed by atoms with Gasteiger partial charge in [-0.15, -0.1) is 0 Å². The molecule has 0 heterocycles. The number of carbonyl (C=O) groups excluding carboxylic acids is 2. The maximum Gasteiger partial charge on any atom is 0.408 e. The topological polar surface area (TPSA) is 64.6 Å². The van der Waals surface area contributed by atoms with Gasteiger partial charge in [-0.3, -0.25) is 0 Å². The molecule has 1 N–H and O–H groups in total. The molecule has 2 atom stereocenters. The zero-order valence-corrected chi connectivity index (χ0v) is 13.3. The molecule has 0 fully saturated rings. The number of nitrogens with one attached hydrogen (secondary N) is 1. The van der Waals surface area contributed by atoms with Crippen LogP contribution in [0.4, 0.5) is 4.79 Å². The van der Waals surface area contributed by atoms with Crippen molar-refractivity contribution in [3.63, 3.8) is 0 Å². The minimum absolute atomic E-state index is 0.143. The molecule has 0 spiro atoms. The van der Waals surface area contributed by atoms with Crippen molar-refractivity contribution in [2.24, 2.45) is 5.92 Å². The first-order valence-electron chi connectivity index (χ1n) is 7.25. The Morgan fingerprint density at radius 3 is 2.41 bits per heavy atom. The van der Waals surface area contributed by atoms with Gasteiger partial charge in [0.2, 0.25) is 0 Å². The number of ether oxygens (including phenoxy) is 2. The second-order valence-electron chi connectivity index (χ2n) is 5.07. The summed E-state index contributed by atoms with van der Waals surface area (Å²) in [6.07, 6.45) is -0.657. The molecule has 5 nitrogen and oxygen atoms in total. The summed E-state index contributed by atoms with van der Waals surface area (Å²) in [5.74, 6) is -0.738. The molecule has 1 rings (SSSR count). The van der Waals surface area contributed by atoms with Gasteiger partial charge in [-0.05, 0) is 19.4 Å². The van der Waals surface area contributed by atoms with Crippen LogP contribution in [0.25, 0.3) is 0 Å². The Bertz CT molecular complexity index is 513. The third kappa shape index (κ3) is 5.60. The SMILES string of the molecule is C=C(C)[C@H](C)[C@@H](NC(=O)OCc1ccccc1)C(=O)OCC. The van der Waals surface area contributed by atoms with Gasteiger partial charge in [0.15, 0.2) is 0 Å². The van der Waals surface area contributed by atoms with E-state index in [-0.39, 0.29) is 19.1 Å². The van der Waals surface area contributed by atoms with E-state index in [2.05, 4.69) is 11.9 Å². The summed E-state index contributed by atoms with van der Waals surface area (Å²) >= 11 is 0. The van der Waals surface area contributed by atoms with E-state index in [4.69, 9.17) is 9.47 Å². The quantitative estimate of drug-likeness (QED) is 0.621. The van der Waals surface area contributed by atoms with Crippen LogP contribution in [-0.2, 0) is 20.9 Å². The van der Waals surface area contributed by atoms with Crippen LogP contribution < -0.4 is 5.32 Å². The number of amides is 1. The van der Waals surface area contributed by atoms with Crippen LogP contribution in [-0.4, -0.2) is 24.7 Å². The highest BCUT2D eigenvalue weighted by molar-refractivity contribution is 5.82. The van der Waals surface area contributed by atoms with E-state index in [9.17, 15) is 9.59 Å². The van der Waals surface area contributed by atoms with Crippen LogP contribution in [0.3, 0.4) is 0 Å². The summed E-state index contributed by atoms with van der Waals surface area (Å²) in [5.41, 5.74) is 1.65. The van der Waals surface area contributed by atoms with Crippen LogP contribution in [0.1, 0.15) is 26.3 Å². The van der Waals surface area contributed by atoms with Crippen molar-refractivity contribution in [3.8, 4) is 0 Å². The Morgan fingerprint density at radius 1 is 1.23 bits per heavy atom. The van der Waals surface area contributed by atoms with Gasteiger partial charge < -0.3 is 14.8 Å². The molecular weight excluding hydrogens is 282 g/mol. The van der Waals surface area contributed by atoms with Crippen molar-refractivity contribution in [2.45, 2.75) is 33.4 Å². The number of rotatable bonds is 7. The van der Waals surface area contributed by atoms with Crippen LogP contribution in [0.2, 0.25) is 0 Å². The van der Waals surface area contributed by atoms with Crippen LogP contribution >= 0.6 is 0 Å². The largest absolute Gasteiger partial charge is 0.464 e. The van der Waals surface area contributed by atoms with Crippen LogP contribution in [0.5, 0.6) is 0 Å². The molecule has 0 saturated carbocycles. The highest BCUT2D eigenvalue weighted by atomic mass is 16.6. The van der Waals surface area contributed by atoms with E-state index in [1.54, 1.807) is 20.8 Å². The van der Waals surface area contributed by atoms with E-state index < -0.39 is 18.1 Å². The fourth-order valence-corrected chi connectivity index (χ4v) is 1.80. The molecule has 0 radical (unpaired) electrons. The van der Waals surface area contributed by atoms with Gasteiger partial charge in [-0.2, -0.15) is 0 Å². The van der Waals surface area contributed by atoms with Gasteiger partial charge >= 0.3 is 12.1 Å². The first-order valence-corrected chi connectivity index (χ1v) is 7.25. The Kier molecular flexibility index (Phi) is 7.16. The third-order valence-corrected chi connectivity index (χ3v) is 3.30. The predicted octanol–water partition coefficient (Wildman–Crippen LogP) is 3.06. The Hall–Kier alpha value is -2.30. The molecule has 1 aromatic carbocycles. The monoisotopic (exact) mass is 305 g/mol. The molecule has 0 aliphatic rings. The Morgan fingerprint density at radius 2 is 1.86 bits per heavy atom. The smallest absolute Gasteiger partial charge is 0.408 e. The lowest BCUT2D eigenvalue weighted by Crippen LogP contribution is -2.46. The van der Waals surface area contributed by atoms with Gasteiger partial charge in [-0.1, -0.05) is 49.4 Å². The molecule has 22 heavy (non-hydrogen) atoms. The Balaban J connectivity index is 2.62. The van der Waals surface area contributed by atoms with E-state index >= 15 is 0 Å². The van der Waals surface area contributed by atoms with E-state index in [1.807, 2.05) is 30.3 Å². The predicted molar refractivity (Wildman–Crippen MR) is 84.2 cm³/mol. The molecule has 0 bridgehead atoms. The van der Waals surface area contributed by atoms with Crippen LogP contribution in [0, 0.1) is 5.92 Å². The lowest BCUT2D eigenvalue weighted by Gasteiger charge is -2.23. The number of hydrogen-bond acceptors (Lipinski definition) is 4. The van der Waals surface area contributed by atoms with Gasteiger partial charge in [0, 0.05) is 5.92 Å². The lowest BCUT2D eigenvalue weighted by atomic mass is 9.95. The highest BCUT2D eigenvalue weighted by Gasteiger charge is 2.29. The van der Waals surface area contributed by atoms with Gasteiger partial charge in [-0.25, -0.2) is 9.59 Å². The first kappa shape index (κ1) is 17.8. The number of alkyl carbamates (subject to hydrolysis) is 1. The molecule has 0 aliphatic heterocycles. The second-order valence-corrected chi connectivity index (χ2v) is 5.07. The van der Waals surface area contributed by atoms with E-state index in [0.717, 1.165) is 11.1 Å². The summed E-state index contributed by atoms with van der Waals surface area (Å²) < 4.78 is 10.1. The van der Waals surface area contributed by atoms with Gasteiger partial charge in [0.05, 0.1) is 6.61 Å². The number of esters is 1. The highest BCUT2D eigenvalue weighted by Crippen LogP contribution is 2.14. The van der Waals surface area contributed by atoms with Gasteiger partial charge in [0.1, 0.15) is 12.6 Å². The fraction of sp³-hybridized carbons (Fsp3) is 0.412. The molecular formula is C17H23NO4. The average Bonchev–Trinajstić information content (AvgIpc) is 2.51. The molecule has 0 saturated heterocycles. The molecule has 1 aromatic rings. The lowest BCUT2D eigenvalue weighted by molar-refractivity contribution is -0.146. The summed E-state index contributed by atoms with van der Waals surface area (Å²) in [7, 11) is 0. The molecule has 120 valence electrons. The summed E-state index contributed by atoms with van der Waals surface area (Å²) in [4.78, 5) is 23.9. The molecule has 1 amide bonds. The number of hydrogen-bond donors (Lipinski definition) is 1. The number of carbonyl (C=O) groups is 2. The van der Waals surface area contributed by atoms with Crippen molar-refractivity contribution < 1.29 is 19.1 Å². The molecule has 0 unspecified atom stereocenters. The molecule has 0 aromatic heterocycles. The second kappa shape index (κ2) is 8.87. The first-order chi connectivity index (χ1) is 10.5. The van der Waals surface area contributed by atoms with Crippen molar-refractivity contribution in [3.05, 3.63) is 48.0 Å². The van der Waals surface area contributed by atoms with Crippen molar-refractivity contribution >= 4 is 12.1 Å². The minimum Gasteiger partial charge on any atom is -0.464 e. The van der Waals surface area contributed by atoms with Crippen LogP contribution in [0.15, 0.2) is 42.5 Å². The number of benzene rings is 1. The maximum absolute atomic E-state index is 12.0. The summed E-state index contributed by atoms with van der Waals surface area (Å²) in [6.45, 7) is 9.53. The van der Waals surface area contributed by atoms with Crippen molar-refractivity contribution in [1.82, 2.24) is 5.32 Å². The molecule has 5 heteroatoms. The van der Waals surface area contributed by atoms with Gasteiger partial charge in [0.25, 0.3) is 0 Å². The zero-order chi connectivity index (χ0) is 16.5. The normalized spacial score (nSPS) is 12.9. The van der Waals surface area contributed by atoms with Crippen molar-refractivity contribution in [1.29, 1.82) is 0 Å². The maximum atomic E-state index is 12.0. The molecule has 0 aliphatic carbocycles. The third-order valence-electron chi connectivity index (χ3n) is 3.30. The minimum atomic E-state index is -0.805. The Labute approximate surface area is 131 Å². The van der Waals surface area contributed by atoms with E-state index in [1.165, 1.54) is 0 Å². The van der Waals surface area contributed by atoms with Crippen molar-refractivity contribution in [2.75, 3.05) is 6.61 Å².